The Morgan fingerprint density at radius 1 is 1.17 bits per heavy atom. The van der Waals surface area contributed by atoms with Crippen LogP contribution >= 0.6 is 11.1 Å². The van der Waals surface area contributed by atoms with E-state index in [1.165, 1.54) is 44.6 Å². The van der Waals surface area contributed by atoms with Crippen molar-refractivity contribution in [1.82, 2.24) is 0 Å². The molecule has 0 saturated heterocycles. The molecule has 1 rings (SSSR count). The first kappa shape index (κ1) is 10.6. The highest BCUT2D eigenvalue weighted by molar-refractivity contribution is 7.19. The molecule has 0 N–H and O–H groups in total. The van der Waals surface area contributed by atoms with Crippen molar-refractivity contribution in [2.45, 2.75) is 57.7 Å². The Kier molecular flexibility index (Phi) is 4.11. The molecule has 0 bridgehead atoms. The molecule has 71 valence electrons. The second-order valence-electron chi connectivity index (χ2n) is 4.53. The fourth-order valence-electron chi connectivity index (χ4n) is 1.78. The first-order chi connectivity index (χ1) is 5.58. The van der Waals surface area contributed by atoms with Gasteiger partial charge < -0.3 is 0 Å². The second-order valence-corrected chi connectivity index (χ2v) is 11.5. The molecule has 0 aromatic rings. The maximum Gasteiger partial charge on any atom is 0.150 e. The van der Waals surface area contributed by atoms with Crippen LogP contribution in [0.1, 0.15) is 38.5 Å². The molecule has 0 aromatic heterocycles. The van der Waals surface area contributed by atoms with Crippen LogP contribution in [-0.4, -0.2) is 7.38 Å². The van der Waals surface area contributed by atoms with E-state index in [4.69, 9.17) is 11.1 Å². The summed E-state index contributed by atoms with van der Waals surface area (Å²) in [6.45, 7) is 4.50. The van der Waals surface area contributed by atoms with Gasteiger partial charge in [-0.1, -0.05) is 32.4 Å². The number of rotatable bonds is 3. The van der Waals surface area contributed by atoms with Crippen LogP contribution in [0.5, 0.6) is 0 Å². The third-order valence-corrected chi connectivity index (χ3v) is 4.64. The number of hydrogen-bond donors (Lipinski definition) is 0. The van der Waals surface area contributed by atoms with Gasteiger partial charge in [0, 0.05) is 0 Å². The van der Waals surface area contributed by atoms with Crippen LogP contribution in [0, 0.1) is 5.92 Å². The summed E-state index contributed by atoms with van der Waals surface area (Å²) in [5, 5.41) is 0. The average Bonchev–Trinajstić information content (AvgIpc) is 2.02. The Morgan fingerprint density at radius 2 is 1.75 bits per heavy atom. The van der Waals surface area contributed by atoms with E-state index in [2.05, 4.69) is 13.1 Å². The number of hydrogen-bond acceptors (Lipinski definition) is 0. The van der Waals surface area contributed by atoms with Gasteiger partial charge in [0.25, 0.3) is 0 Å². The molecule has 1 saturated carbocycles. The Balaban J connectivity index is 2.13. The molecule has 0 spiro atoms. The molecule has 0 heterocycles. The maximum atomic E-state index is 6.28. The predicted octanol–water partition coefficient (Wildman–Crippen LogP) is 4.36. The molecule has 0 aromatic carbocycles. The first-order valence-corrected chi connectivity index (χ1v) is 9.32. The summed E-state index contributed by atoms with van der Waals surface area (Å²) in [6, 6.07) is 1.28. The van der Waals surface area contributed by atoms with E-state index in [1.807, 2.05) is 0 Å². The molecule has 2 heteroatoms. The molecule has 1 aliphatic carbocycles. The quantitative estimate of drug-likeness (QED) is 0.473. The van der Waals surface area contributed by atoms with Crippen molar-refractivity contribution in [3.05, 3.63) is 5.92 Å². The normalized spacial score (nSPS) is 21.2. The number of halogens is 1. The highest BCUT2D eigenvalue weighted by atomic mass is 35.6. The van der Waals surface area contributed by atoms with Crippen LogP contribution in [0.15, 0.2) is 0 Å². The van der Waals surface area contributed by atoms with E-state index < -0.39 is 7.38 Å². The molecule has 1 aliphatic rings. The van der Waals surface area contributed by atoms with Gasteiger partial charge in [-0.05, 0) is 31.2 Å². The SMILES string of the molecule is C[Si](C)(Cl)CC[C]1CCCCC1. The zero-order valence-electron chi connectivity index (χ0n) is 8.33. The highest BCUT2D eigenvalue weighted by Crippen LogP contribution is 2.32. The third kappa shape index (κ3) is 4.51. The minimum absolute atomic E-state index is 1.28. The molecule has 1 fully saturated rings. The van der Waals surface area contributed by atoms with Gasteiger partial charge in [-0.25, -0.2) is 0 Å². The van der Waals surface area contributed by atoms with Gasteiger partial charge in [0.1, 0.15) is 0 Å². The van der Waals surface area contributed by atoms with Gasteiger partial charge in [-0.3, -0.25) is 0 Å². The minimum Gasteiger partial charge on any atom is -0.168 e. The fourth-order valence-corrected chi connectivity index (χ4v) is 3.01. The third-order valence-electron chi connectivity index (χ3n) is 2.63. The zero-order chi connectivity index (χ0) is 9.03. The first-order valence-electron chi connectivity index (χ1n) is 5.10. The predicted molar refractivity (Wildman–Crippen MR) is 59.1 cm³/mol. The Morgan fingerprint density at radius 3 is 2.25 bits per heavy atom. The lowest BCUT2D eigenvalue weighted by molar-refractivity contribution is 0.514. The minimum atomic E-state index is -1.29. The van der Waals surface area contributed by atoms with E-state index in [-0.39, 0.29) is 0 Å². The molecule has 12 heavy (non-hydrogen) atoms. The van der Waals surface area contributed by atoms with Crippen molar-refractivity contribution in [2.24, 2.45) is 0 Å². The van der Waals surface area contributed by atoms with E-state index in [9.17, 15) is 0 Å². The lowest BCUT2D eigenvalue weighted by atomic mass is 9.88. The fraction of sp³-hybridized carbons (Fsp3) is 0.900. The summed E-state index contributed by atoms with van der Waals surface area (Å²) in [4.78, 5) is 0. The Bertz CT molecular complexity index is 122. The van der Waals surface area contributed by atoms with E-state index in [1.54, 1.807) is 5.92 Å². The molecule has 0 unspecified atom stereocenters. The molecule has 0 amide bonds. The van der Waals surface area contributed by atoms with Crippen molar-refractivity contribution in [3.63, 3.8) is 0 Å². The largest absolute Gasteiger partial charge is 0.168 e. The molecule has 1 radical (unpaired) electrons. The standard InChI is InChI=1S/C10H20ClSi/c1-12(2,11)9-8-10-6-4-3-5-7-10/h3-9H2,1-2H3. The summed E-state index contributed by atoms with van der Waals surface area (Å²) in [5.41, 5.74) is 0. The van der Waals surface area contributed by atoms with Gasteiger partial charge in [0.05, 0.1) is 0 Å². The summed E-state index contributed by atoms with van der Waals surface area (Å²) in [6.07, 6.45) is 8.41. The lowest BCUT2D eigenvalue weighted by Crippen LogP contribution is -2.17. The maximum absolute atomic E-state index is 6.28. The van der Waals surface area contributed by atoms with Crippen molar-refractivity contribution in [1.29, 1.82) is 0 Å². The summed E-state index contributed by atoms with van der Waals surface area (Å²) < 4.78 is 0. The van der Waals surface area contributed by atoms with Crippen LogP contribution in [0.3, 0.4) is 0 Å². The summed E-state index contributed by atoms with van der Waals surface area (Å²) in [5.74, 6) is 1.79. The average molecular weight is 204 g/mol. The Hall–Kier alpha value is 0.507. The van der Waals surface area contributed by atoms with Crippen molar-refractivity contribution in [2.75, 3.05) is 0 Å². The van der Waals surface area contributed by atoms with Crippen LogP contribution < -0.4 is 0 Å². The van der Waals surface area contributed by atoms with Crippen molar-refractivity contribution >= 4 is 18.5 Å². The van der Waals surface area contributed by atoms with Crippen LogP contribution in [0.25, 0.3) is 0 Å². The van der Waals surface area contributed by atoms with Gasteiger partial charge >= 0.3 is 0 Å². The molecule has 0 aliphatic heterocycles. The van der Waals surface area contributed by atoms with Crippen molar-refractivity contribution < 1.29 is 0 Å². The smallest absolute Gasteiger partial charge is 0.150 e. The van der Waals surface area contributed by atoms with Gasteiger partial charge in [-0.2, -0.15) is 11.1 Å². The van der Waals surface area contributed by atoms with Crippen LogP contribution in [0.2, 0.25) is 19.1 Å². The summed E-state index contributed by atoms with van der Waals surface area (Å²) in [7, 11) is -1.29. The Labute approximate surface area is 82.4 Å². The van der Waals surface area contributed by atoms with Gasteiger partial charge in [0.15, 0.2) is 7.38 Å². The lowest BCUT2D eigenvalue weighted by Gasteiger charge is -2.23. The van der Waals surface area contributed by atoms with Gasteiger partial charge in [0.2, 0.25) is 0 Å². The van der Waals surface area contributed by atoms with E-state index in [0.29, 0.717) is 0 Å². The summed E-state index contributed by atoms with van der Waals surface area (Å²) >= 11 is 6.28. The molecule has 0 atom stereocenters. The molecular weight excluding hydrogens is 184 g/mol. The van der Waals surface area contributed by atoms with Gasteiger partial charge in [-0.15, -0.1) is 0 Å². The zero-order valence-corrected chi connectivity index (χ0v) is 10.1. The topological polar surface area (TPSA) is 0 Å². The van der Waals surface area contributed by atoms with E-state index >= 15 is 0 Å². The molecular formula is C10H20ClSi. The van der Waals surface area contributed by atoms with Crippen LogP contribution in [0.4, 0.5) is 0 Å². The monoisotopic (exact) mass is 203 g/mol. The van der Waals surface area contributed by atoms with Crippen molar-refractivity contribution in [3.8, 4) is 0 Å². The van der Waals surface area contributed by atoms with E-state index in [0.717, 1.165) is 0 Å². The second kappa shape index (κ2) is 4.66. The van der Waals surface area contributed by atoms with Crippen LogP contribution in [-0.2, 0) is 0 Å². The molecule has 0 nitrogen and oxygen atoms in total. The highest BCUT2D eigenvalue weighted by Gasteiger charge is 2.20.